The molecule has 3 nitrogen and oxygen atoms in total. The van der Waals surface area contributed by atoms with Gasteiger partial charge in [0.1, 0.15) is 0 Å². The summed E-state index contributed by atoms with van der Waals surface area (Å²) < 4.78 is 5.87. The minimum Gasteiger partial charge on any atom is -0.383 e. The molecular weight excluding hydrogens is 314 g/mol. The van der Waals surface area contributed by atoms with E-state index >= 15 is 0 Å². The Morgan fingerprint density at radius 2 is 2.44 bits per heavy atom. The minimum absolute atomic E-state index is 0.0243. The molecule has 1 aromatic heterocycles. The number of thiophene rings is 1. The standard InChI is InChI=1S/C10H13BrClNO2S/c1-13(4-8(12)5-15-2)10(14)7-3-9(11)16-6-7/h3,6,8H,4-5H2,1-2H3. The number of hydrogen-bond acceptors (Lipinski definition) is 3. The number of carbonyl (C=O) groups excluding carboxylic acids is 1. The van der Waals surface area contributed by atoms with Gasteiger partial charge in [0.05, 0.1) is 21.3 Å². The highest BCUT2D eigenvalue weighted by Crippen LogP contribution is 2.21. The normalized spacial score (nSPS) is 12.5. The van der Waals surface area contributed by atoms with E-state index in [9.17, 15) is 4.79 Å². The second-order valence-corrected chi connectivity index (χ2v) is 6.29. The SMILES string of the molecule is COCC(Cl)CN(C)C(=O)c1csc(Br)c1. The number of alkyl halides is 1. The molecular formula is C10H13BrClNO2S. The fourth-order valence-electron chi connectivity index (χ4n) is 1.26. The van der Waals surface area contributed by atoms with E-state index in [0.717, 1.165) is 3.79 Å². The number of hydrogen-bond donors (Lipinski definition) is 0. The number of ether oxygens (including phenoxy) is 1. The van der Waals surface area contributed by atoms with Crippen molar-refractivity contribution >= 4 is 44.8 Å². The van der Waals surface area contributed by atoms with Gasteiger partial charge in [0, 0.05) is 26.1 Å². The van der Waals surface area contributed by atoms with E-state index in [1.54, 1.807) is 19.1 Å². The van der Waals surface area contributed by atoms with Crippen LogP contribution in [0.15, 0.2) is 15.2 Å². The second kappa shape index (κ2) is 6.59. The summed E-state index contributed by atoms with van der Waals surface area (Å²) in [6.07, 6.45) is 0. The predicted octanol–water partition coefficient (Wildman–Crippen LogP) is 2.84. The predicted molar refractivity (Wildman–Crippen MR) is 70.5 cm³/mol. The Hall–Kier alpha value is -0.100. The van der Waals surface area contributed by atoms with Crippen molar-refractivity contribution in [3.05, 3.63) is 20.8 Å². The van der Waals surface area contributed by atoms with Gasteiger partial charge in [-0.3, -0.25) is 4.79 Å². The Morgan fingerprint density at radius 3 is 2.94 bits per heavy atom. The molecule has 1 rings (SSSR count). The Labute approximate surface area is 112 Å². The number of carbonyl (C=O) groups is 1. The van der Waals surface area contributed by atoms with Gasteiger partial charge in [0.15, 0.2) is 0 Å². The Balaban J connectivity index is 2.54. The lowest BCUT2D eigenvalue weighted by Gasteiger charge is -2.19. The summed E-state index contributed by atoms with van der Waals surface area (Å²) >= 11 is 10.8. The summed E-state index contributed by atoms with van der Waals surface area (Å²) in [6, 6.07) is 1.81. The highest BCUT2D eigenvalue weighted by molar-refractivity contribution is 9.11. The zero-order valence-corrected chi connectivity index (χ0v) is 12.2. The molecule has 0 radical (unpaired) electrons. The van der Waals surface area contributed by atoms with Gasteiger partial charge in [-0.25, -0.2) is 0 Å². The summed E-state index contributed by atoms with van der Waals surface area (Å²) in [5.74, 6) is -0.0243. The van der Waals surface area contributed by atoms with Crippen LogP contribution in [-0.2, 0) is 4.74 Å². The molecule has 1 unspecified atom stereocenters. The lowest BCUT2D eigenvalue weighted by Crippen LogP contribution is -2.33. The highest BCUT2D eigenvalue weighted by Gasteiger charge is 2.16. The maximum atomic E-state index is 11.9. The zero-order valence-electron chi connectivity index (χ0n) is 9.07. The van der Waals surface area contributed by atoms with Gasteiger partial charge in [0.2, 0.25) is 0 Å². The first-order valence-corrected chi connectivity index (χ1v) is 6.78. The van der Waals surface area contributed by atoms with E-state index < -0.39 is 0 Å². The Kier molecular flexibility index (Phi) is 5.75. The fourth-order valence-corrected chi connectivity index (χ4v) is 2.72. The molecule has 0 aliphatic carbocycles. The molecule has 1 heterocycles. The van der Waals surface area contributed by atoms with Crippen molar-refractivity contribution < 1.29 is 9.53 Å². The van der Waals surface area contributed by atoms with E-state index in [1.165, 1.54) is 11.3 Å². The van der Waals surface area contributed by atoms with Crippen LogP contribution in [0.3, 0.4) is 0 Å². The molecule has 16 heavy (non-hydrogen) atoms. The second-order valence-electron chi connectivity index (χ2n) is 3.38. The molecule has 0 aromatic carbocycles. The Bertz CT molecular complexity index is 358. The molecule has 0 spiro atoms. The van der Waals surface area contributed by atoms with Crippen LogP contribution in [0, 0.1) is 0 Å². The van der Waals surface area contributed by atoms with Gasteiger partial charge in [-0.15, -0.1) is 22.9 Å². The molecule has 0 saturated heterocycles. The van der Waals surface area contributed by atoms with E-state index in [-0.39, 0.29) is 11.3 Å². The van der Waals surface area contributed by atoms with E-state index in [1.807, 2.05) is 11.4 Å². The summed E-state index contributed by atoms with van der Waals surface area (Å²) in [7, 11) is 3.33. The molecule has 0 bridgehead atoms. The van der Waals surface area contributed by atoms with Crippen molar-refractivity contribution in [2.24, 2.45) is 0 Å². The van der Waals surface area contributed by atoms with E-state index in [4.69, 9.17) is 16.3 Å². The summed E-state index contributed by atoms with van der Waals surface area (Å²) in [5.41, 5.74) is 0.681. The van der Waals surface area contributed by atoms with E-state index in [0.29, 0.717) is 18.7 Å². The van der Waals surface area contributed by atoms with Gasteiger partial charge >= 0.3 is 0 Å². The first-order valence-electron chi connectivity index (χ1n) is 4.67. The van der Waals surface area contributed by atoms with Crippen LogP contribution in [0.2, 0.25) is 0 Å². The van der Waals surface area contributed by atoms with Crippen LogP contribution in [0.1, 0.15) is 10.4 Å². The molecule has 1 atom stereocenters. The van der Waals surface area contributed by atoms with Gasteiger partial charge in [0.25, 0.3) is 5.91 Å². The number of amides is 1. The third kappa shape index (κ3) is 4.05. The Morgan fingerprint density at radius 1 is 1.75 bits per heavy atom. The summed E-state index contributed by atoms with van der Waals surface area (Å²) in [4.78, 5) is 13.5. The number of nitrogens with zero attached hydrogens (tertiary/aromatic N) is 1. The van der Waals surface area contributed by atoms with Gasteiger partial charge in [-0.2, -0.15) is 0 Å². The monoisotopic (exact) mass is 325 g/mol. The molecule has 90 valence electrons. The lowest BCUT2D eigenvalue weighted by molar-refractivity contribution is 0.0782. The van der Waals surface area contributed by atoms with Crippen LogP contribution in [0.5, 0.6) is 0 Å². The maximum absolute atomic E-state index is 11.9. The van der Waals surface area contributed by atoms with Crippen molar-refractivity contribution in [3.8, 4) is 0 Å². The molecule has 0 N–H and O–H groups in total. The fraction of sp³-hybridized carbons (Fsp3) is 0.500. The van der Waals surface area contributed by atoms with Crippen LogP contribution in [0.4, 0.5) is 0 Å². The smallest absolute Gasteiger partial charge is 0.254 e. The molecule has 0 saturated carbocycles. The van der Waals surface area contributed by atoms with Crippen molar-refractivity contribution in [3.63, 3.8) is 0 Å². The molecule has 1 amide bonds. The van der Waals surface area contributed by atoms with Crippen molar-refractivity contribution in [2.45, 2.75) is 5.38 Å². The molecule has 0 aliphatic rings. The molecule has 6 heteroatoms. The average molecular weight is 327 g/mol. The van der Waals surface area contributed by atoms with Crippen LogP contribution >= 0.6 is 38.9 Å². The van der Waals surface area contributed by atoms with Crippen LogP contribution in [0.25, 0.3) is 0 Å². The first-order chi connectivity index (χ1) is 7.54. The number of halogens is 2. The maximum Gasteiger partial charge on any atom is 0.254 e. The third-order valence-electron chi connectivity index (χ3n) is 1.98. The summed E-state index contributed by atoms with van der Waals surface area (Å²) in [5, 5.41) is 1.64. The highest BCUT2D eigenvalue weighted by atomic mass is 79.9. The zero-order chi connectivity index (χ0) is 12.1. The first kappa shape index (κ1) is 14.0. The van der Waals surface area contributed by atoms with Crippen LogP contribution in [-0.4, -0.2) is 43.5 Å². The van der Waals surface area contributed by atoms with Gasteiger partial charge < -0.3 is 9.64 Å². The molecule has 0 aliphatic heterocycles. The minimum atomic E-state index is -0.180. The molecule has 1 aromatic rings. The molecule has 0 fully saturated rings. The average Bonchev–Trinajstić information content (AvgIpc) is 2.64. The van der Waals surface area contributed by atoms with Crippen molar-refractivity contribution in [1.29, 1.82) is 0 Å². The number of rotatable bonds is 5. The largest absolute Gasteiger partial charge is 0.383 e. The van der Waals surface area contributed by atoms with Crippen molar-refractivity contribution in [2.75, 3.05) is 27.3 Å². The van der Waals surface area contributed by atoms with Gasteiger partial charge in [-0.1, -0.05) is 0 Å². The summed E-state index contributed by atoms with van der Waals surface area (Å²) in [6.45, 7) is 0.911. The topological polar surface area (TPSA) is 29.5 Å². The van der Waals surface area contributed by atoms with Crippen LogP contribution < -0.4 is 0 Å². The quantitative estimate of drug-likeness (QED) is 0.779. The van der Waals surface area contributed by atoms with Crippen molar-refractivity contribution in [1.82, 2.24) is 4.90 Å². The lowest BCUT2D eigenvalue weighted by atomic mass is 10.3. The van der Waals surface area contributed by atoms with E-state index in [2.05, 4.69) is 15.9 Å². The van der Waals surface area contributed by atoms with Gasteiger partial charge in [-0.05, 0) is 22.0 Å². The third-order valence-corrected chi connectivity index (χ3v) is 3.75. The number of methoxy groups -OCH3 is 1.